The van der Waals surface area contributed by atoms with Gasteiger partial charge in [0.2, 0.25) is 0 Å². The van der Waals surface area contributed by atoms with Gasteiger partial charge in [0, 0.05) is 23.2 Å². The van der Waals surface area contributed by atoms with Gasteiger partial charge in [-0.3, -0.25) is 9.36 Å². The van der Waals surface area contributed by atoms with Gasteiger partial charge in [0.15, 0.2) is 0 Å². The van der Waals surface area contributed by atoms with Crippen molar-refractivity contribution in [1.29, 1.82) is 0 Å². The highest BCUT2D eigenvalue weighted by Crippen LogP contribution is 2.18. The van der Waals surface area contributed by atoms with Crippen LogP contribution in [0.25, 0.3) is 16.7 Å². The number of hydrogen-bond donors (Lipinski definition) is 0. The lowest BCUT2D eigenvalue weighted by Crippen LogP contribution is -2.22. The molecule has 2 aromatic heterocycles. The Hall–Kier alpha value is -2.56. The largest absolute Gasteiger partial charge is 0.269 e. The summed E-state index contributed by atoms with van der Waals surface area (Å²) in [7, 11) is 0. The maximum Gasteiger partial charge on any atom is 0.259 e. The van der Waals surface area contributed by atoms with Crippen LogP contribution in [0.1, 0.15) is 5.56 Å². The summed E-state index contributed by atoms with van der Waals surface area (Å²) < 4.78 is 28.1. The summed E-state index contributed by atoms with van der Waals surface area (Å²) in [5.74, 6) is -1.49. The summed E-state index contributed by atoms with van der Waals surface area (Å²) >= 11 is 0. The van der Waals surface area contributed by atoms with E-state index < -0.39 is 11.6 Å². The Morgan fingerprint density at radius 2 is 1.95 bits per heavy atom. The van der Waals surface area contributed by atoms with Crippen molar-refractivity contribution < 1.29 is 8.78 Å². The molecular weight excluding hydrogens is 262 g/mol. The minimum Gasteiger partial charge on any atom is -0.269 e. The first kappa shape index (κ1) is 12.5. The van der Waals surface area contributed by atoms with E-state index in [4.69, 9.17) is 0 Å². The molecule has 1 aromatic carbocycles. The summed E-state index contributed by atoms with van der Waals surface area (Å²) in [6, 6.07) is 8.31. The van der Waals surface area contributed by atoms with Crippen LogP contribution in [0, 0.1) is 18.6 Å². The van der Waals surface area contributed by atoms with Crippen LogP contribution < -0.4 is 5.56 Å². The number of benzene rings is 1. The van der Waals surface area contributed by atoms with E-state index in [-0.39, 0.29) is 11.2 Å². The molecule has 20 heavy (non-hydrogen) atoms. The first-order valence-corrected chi connectivity index (χ1v) is 6.01. The van der Waals surface area contributed by atoms with Gasteiger partial charge in [-0.25, -0.2) is 13.8 Å². The molecule has 0 fully saturated rings. The first-order valence-electron chi connectivity index (χ1n) is 6.01. The average molecular weight is 272 g/mol. The molecule has 0 aliphatic heterocycles. The molecule has 0 aliphatic rings. The summed E-state index contributed by atoms with van der Waals surface area (Å²) in [5, 5.41) is 0.716. The van der Waals surface area contributed by atoms with Crippen LogP contribution in [0.4, 0.5) is 8.78 Å². The fraction of sp³-hybridized carbons (Fsp3) is 0.0667. The van der Waals surface area contributed by atoms with Gasteiger partial charge in [0.05, 0.1) is 5.69 Å². The Bertz CT molecular complexity index is 871. The number of aromatic nitrogens is 2. The predicted molar refractivity (Wildman–Crippen MR) is 72.0 cm³/mol. The van der Waals surface area contributed by atoms with Gasteiger partial charge in [0.25, 0.3) is 5.56 Å². The van der Waals surface area contributed by atoms with Crippen molar-refractivity contribution in [1.82, 2.24) is 9.55 Å². The molecule has 0 saturated heterocycles. The Labute approximate surface area is 113 Å². The van der Waals surface area contributed by atoms with Crippen molar-refractivity contribution in [3.8, 4) is 5.69 Å². The van der Waals surface area contributed by atoms with E-state index >= 15 is 0 Å². The Balaban J connectivity index is 2.46. The van der Waals surface area contributed by atoms with Gasteiger partial charge < -0.3 is 0 Å². The van der Waals surface area contributed by atoms with Gasteiger partial charge in [-0.2, -0.15) is 0 Å². The molecule has 0 saturated carbocycles. The van der Waals surface area contributed by atoms with Crippen molar-refractivity contribution in [2.75, 3.05) is 0 Å². The number of rotatable bonds is 1. The van der Waals surface area contributed by atoms with Crippen LogP contribution in [-0.4, -0.2) is 9.55 Å². The van der Waals surface area contributed by atoms with Crippen molar-refractivity contribution in [3.63, 3.8) is 0 Å². The van der Waals surface area contributed by atoms with Crippen molar-refractivity contribution in [2.24, 2.45) is 0 Å². The molecule has 0 spiro atoms. The Morgan fingerprint density at radius 1 is 1.15 bits per heavy atom. The SMILES string of the molecule is Cc1cc2cccnc2n(-c2ccc(F)cc2F)c1=O. The smallest absolute Gasteiger partial charge is 0.259 e. The van der Waals surface area contributed by atoms with Crippen LogP contribution in [-0.2, 0) is 0 Å². The summed E-state index contributed by atoms with van der Waals surface area (Å²) in [4.78, 5) is 16.4. The van der Waals surface area contributed by atoms with Gasteiger partial charge >= 0.3 is 0 Å². The molecule has 100 valence electrons. The monoisotopic (exact) mass is 272 g/mol. The van der Waals surface area contributed by atoms with Gasteiger partial charge in [-0.05, 0) is 37.3 Å². The van der Waals surface area contributed by atoms with E-state index in [1.807, 2.05) is 0 Å². The summed E-state index contributed by atoms with van der Waals surface area (Å²) in [5.41, 5.74) is 0.424. The molecule has 3 nitrogen and oxygen atoms in total. The fourth-order valence-corrected chi connectivity index (χ4v) is 2.16. The van der Waals surface area contributed by atoms with E-state index in [2.05, 4.69) is 4.98 Å². The minimum atomic E-state index is -0.801. The lowest BCUT2D eigenvalue weighted by Gasteiger charge is -2.11. The second-order valence-electron chi connectivity index (χ2n) is 4.48. The van der Waals surface area contributed by atoms with E-state index in [9.17, 15) is 13.6 Å². The number of aryl methyl sites for hydroxylation is 1. The van der Waals surface area contributed by atoms with Crippen LogP contribution in [0.2, 0.25) is 0 Å². The van der Waals surface area contributed by atoms with E-state index in [1.165, 1.54) is 16.8 Å². The second-order valence-corrected chi connectivity index (χ2v) is 4.48. The van der Waals surface area contributed by atoms with Crippen LogP contribution >= 0.6 is 0 Å². The lowest BCUT2D eigenvalue weighted by molar-refractivity contribution is 0.577. The van der Waals surface area contributed by atoms with E-state index in [1.54, 1.807) is 25.1 Å². The highest BCUT2D eigenvalue weighted by Gasteiger charge is 2.13. The average Bonchev–Trinajstić information content (AvgIpc) is 2.42. The van der Waals surface area contributed by atoms with Gasteiger partial charge in [0.1, 0.15) is 17.3 Å². The topological polar surface area (TPSA) is 34.9 Å². The Kier molecular flexibility index (Phi) is 2.82. The first-order chi connectivity index (χ1) is 9.58. The third kappa shape index (κ3) is 1.87. The third-order valence-corrected chi connectivity index (χ3v) is 3.09. The number of fused-ring (bicyclic) bond motifs is 1. The standard InChI is InChI=1S/C15H10F2N2O/c1-9-7-10-3-2-6-18-14(10)19(15(9)20)13-5-4-11(16)8-12(13)17/h2-8H,1H3. The maximum atomic E-state index is 13.9. The van der Waals surface area contributed by atoms with E-state index in [0.717, 1.165) is 12.1 Å². The molecule has 0 amide bonds. The molecule has 0 aliphatic carbocycles. The van der Waals surface area contributed by atoms with Gasteiger partial charge in [-0.15, -0.1) is 0 Å². The molecule has 3 rings (SSSR count). The van der Waals surface area contributed by atoms with E-state index in [0.29, 0.717) is 16.6 Å². The molecule has 2 heterocycles. The van der Waals surface area contributed by atoms with Crippen LogP contribution in [0.5, 0.6) is 0 Å². The normalized spacial score (nSPS) is 10.9. The van der Waals surface area contributed by atoms with Crippen molar-refractivity contribution in [3.05, 3.63) is 70.1 Å². The van der Waals surface area contributed by atoms with Crippen molar-refractivity contribution in [2.45, 2.75) is 6.92 Å². The molecule has 0 radical (unpaired) electrons. The highest BCUT2D eigenvalue weighted by atomic mass is 19.1. The van der Waals surface area contributed by atoms with Crippen LogP contribution in [0.3, 0.4) is 0 Å². The molecular formula is C15H10F2N2O. The number of halogens is 2. The molecule has 0 N–H and O–H groups in total. The quantitative estimate of drug-likeness (QED) is 0.682. The summed E-state index contributed by atoms with van der Waals surface area (Å²) in [6.45, 7) is 1.65. The number of nitrogens with zero attached hydrogens (tertiary/aromatic N) is 2. The summed E-state index contributed by atoms with van der Waals surface area (Å²) in [6.07, 6.45) is 1.52. The third-order valence-electron chi connectivity index (χ3n) is 3.09. The second kappa shape index (κ2) is 4.52. The molecule has 0 unspecified atom stereocenters. The minimum absolute atomic E-state index is 0.0104. The van der Waals surface area contributed by atoms with Crippen molar-refractivity contribution >= 4 is 11.0 Å². The number of hydrogen-bond acceptors (Lipinski definition) is 2. The predicted octanol–water partition coefficient (Wildman–Crippen LogP) is 2.97. The van der Waals surface area contributed by atoms with Gasteiger partial charge in [-0.1, -0.05) is 0 Å². The number of pyridine rings is 2. The zero-order valence-electron chi connectivity index (χ0n) is 10.6. The molecule has 0 bridgehead atoms. The molecule has 5 heteroatoms. The Morgan fingerprint density at radius 3 is 2.70 bits per heavy atom. The molecule has 0 atom stereocenters. The van der Waals surface area contributed by atoms with Crippen LogP contribution in [0.15, 0.2) is 47.4 Å². The lowest BCUT2D eigenvalue weighted by atomic mass is 10.2. The maximum absolute atomic E-state index is 13.9. The zero-order valence-corrected chi connectivity index (χ0v) is 10.6. The zero-order chi connectivity index (χ0) is 14.3. The highest BCUT2D eigenvalue weighted by molar-refractivity contribution is 5.77. The fourth-order valence-electron chi connectivity index (χ4n) is 2.16. The molecule has 3 aromatic rings.